The zero-order chi connectivity index (χ0) is 13.7. The van der Waals surface area contributed by atoms with Gasteiger partial charge in [0, 0.05) is 5.41 Å². The van der Waals surface area contributed by atoms with Crippen LogP contribution in [-0.2, 0) is 11.0 Å². The summed E-state index contributed by atoms with van der Waals surface area (Å²) in [5.74, 6) is 1.17. The lowest BCUT2D eigenvalue weighted by atomic mass is 9.77. The van der Waals surface area contributed by atoms with Crippen LogP contribution in [-0.4, -0.2) is 15.1 Å². The van der Waals surface area contributed by atoms with Gasteiger partial charge in [0.25, 0.3) is 5.89 Å². The van der Waals surface area contributed by atoms with Gasteiger partial charge in [0.05, 0.1) is 16.7 Å². The maximum Gasteiger partial charge on any atom is 0.270 e. The molecule has 5 nitrogen and oxygen atoms in total. The molecule has 0 radical (unpaired) electrons. The summed E-state index contributed by atoms with van der Waals surface area (Å²) in [4.78, 5) is 9.87. The van der Waals surface area contributed by atoms with Gasteiger partial charge in [-0.2, -0.15) is 4.98 Å². The van der Waals surface area contributed by atoms with Gasteiger partial charge in [-0.1, -0.05) is 25.9 Å². The van der Waals surface area contributed by atoms with E-state index in [9.17, 15) is 0 Å². The van der Waals surface area contributed by atoms with E-state index in [1.807, 2.05) is 5.51 Å². The topological polar surface area (TPSA) is 77.8 Å². The second-order valence-corrected chi connectivity index (χ2v) is 7.07. The summed E-state index contributed by atoms with van der Waals surface area (Å²) in [6.45, 7) is 6.37. The molecule has 2 aromatic rings. The molecule has 0 atom stereocenters. The Morgan fingerprint density at radius 3 is 2.68 bits per heavy atom. The Hall–Kier alpha value is -1.27. The van der Waals surface area contributed by atoms with E-state index in [1.165, 1.54) is 11.3 Å². The maximum absolute atomic E-state index is 6.22. The van der Waals surface area contributed by atoms with Crippen molar-refractivity contribution < 1.29 is 4.52 Å². The molecule has 19 heavy (non-hydrogen) atoms. The molecule has 0 saturated heterocycles. The SMILES string of the molecule is CC(C)(C)c1ncsc1-c1nc(C2(N)CCC2)no1. The van der Waals surface area contributed by atoms with Gasteiger partial charge >= 0.3 is 0 Å². The summed E-state index contributed by atoms with van der Waals surface area (Å²) in [5.41, 5.74) is 8.61. The van der Waals surface area contributed by atoms with Crippen molar-refractivity contribution in [3.63, 3.8) is 0 Å². The molecule has 1 fully saturated rings. The third-order valence-corrected chi connectivity index (χ3v) is 4.40. The van der Waals surface area contributed by atoms with Gasteiger partial charge in [0.2, 0.25) is 0 Å². The number of nitrogens with two attached hydrogens (primary N) is 1. The number of hydrogen-bond donors (Lipinski definition) is 1. The predicted octanol–water partition coefficient (Wildman–Crippen LogP) is 2.83. The average Bonchev–Trinajstić information content (AvgIpc) is 2.92. The minimum absolute atomic E-state index is 0.0408. The van der Waals surface area contributed by atoms with Crippen molar-refractivity contribution in [2.45, 2.75) is 51.0 Å². The first-order chi connectivity index (χ1) is 8.90. The summed E-state index contributed by atoms with van der Waals surface area (Å²) in [7, 11) is 0. The van der Waals surface area contributed by atoms with Gasteiger partial charge in [-0.25, -0.2) is 4.98 Å². The number of rotatable bonds is 2. The van der Waals surface area contributed by atoms with E-state index in [4.69, 9.17) is 10.3 Å². The van der Waals surface area contributed by atoms with Crippen molar-refractivity contribution in [1.82, 2.24) is 15.1 Å². The predicted molar refractivity (Wildman–Crippen MR) is 73.8 cm³/mol. The molecule has 0 aromatic carbocycles. The van der Waals surface area contributed by atoms with Crippen LogP contribution in [0.1, 0.15) is 51.6 Å². The molecule has 2 N–H and O–H groups in total. The molecule has 1 aliphatic carbocycles. The van der Waals surface area contributed by atoms with Crippen molar-refractivity contribution in [3.05, 3.63) is 17.0 Å². The van der Waals surface area contributed by atoms with Crippen LogP contribution in [0.15, 0.2) is 10.0 Å². The second-order valence-electron chi connectivity index (χ2n) is 6.21. The van der Waals surface area contributed by atoms with Gasteiger partial charge in [-0.3, -0.25) is 0 Å². The molecule has 3 rings (SSSR count). The van der Waals surface area contributed by atoms with Crippen LogP contribution in [0.2, 0.25) is 0 Å². The van der Waals surface area contributed by atoms with E-state index in [1.54, 1.807) is 0 Å². The third kappa shape index (κ3) is 2.08. The Balaban J connectivity index is 1.98. The van der Waals surface area contributed by atoms with Crippen molar-refractivity contribution in [3.8, 4) is 10.8 Å². The molecule has 2 heterocycles. The molecule has 1 saturated carbocycles. The monoisotopic (exact) mass is 278 g/mol. The van der Waals surface area contributed by atoms with E-state index in [2.05, 4.69) is 35.9 Å². The summed E-state index contributed by atoms with van der Waals surface area (Å²) in [6, 6.07) is 0. The van der Waals surface area contributed by atoms with Crippen LogP contribution in [0.4, 0.5) is 0 Å². The fourth-order valence-electron chi connectivity index (χ4n) is 2.23. The van der Waals surface area contributed by atoms with Gasteiger partial charge in [0.15, 0.2) is 5.82 Å². The smallest absolute Gasteiger partial charge is 0.270 e. The largest absolute Gasteiger partial charge is 0.333 e. The number of aromatic nitrogens is 3. The van der Waals surface area contributed by atoms with Gasteiger partial charge in [-0.05, 0) is 19.3 Å². The highest BCUT2D eigenvalue weighted by atomic mass is 32.1. The Morgan fingerprint density at radius 2 is 2.11 bits per heavy atom. The first-order valence-corrected chi connectivity index (χ1v) is 7.35. The second kappa shape index (κ2) is 4.11. The Labute approximate surface area is 116 Å². The van der Waals surface area contributed by atoms with Gasteiger partial charge in [0.1, 0.15) is 4.88 Å². The first-order valence-electron chi connectivity index (χ1n) is 6.47. The Bertz CT molecular complexity index is 592. The summed E-state index contributed by atoms with van der Waals surface area (Å²) in [5, 5.41) is 4.06. The first kappa shape index (κ1) is 12.7. The van der Waals surface area contributed by atoms with Crippen molar-refractivity contribution in [2.75, 3.05) is 0 Å². The quantitative estimate of drug-likeness (QED) is 0.914. The van der Waals surface area contributed by atoms with Crippen LogP contribution in [0, 0.1) is 0 Å². The lowest BCUT2D eigenvalue weighted by Crippen LogP contribution is -2.44. The van der Waals surface area contributed by atoms with Gasteiger partial charge < -0.3 is 10.3 Å². The molecule has 102 valence electrons. The van der Waals surface area contributed by atoms with Crippen LogP contribution in [0.25, 0.3) is 10.8 Å². The molecule has 2 aromatic heterocycles. The molecular weight excluding hydrogens is 260 g/mol. The standard InChI is InChI=1S/C13H18N4OS/c1-12(2,3)9-8(19-7-15-9)10-16-11(17-18-10)13(14)5-4-6-13/h7H,4-6,14H2,1-3H3. The van der Waals surface area contributed by atoms with E-state index in [-0.39, 0.29) is 11.0 Å². The van der Waals surface area contributed by atoms with E-state index < -0.39 is 0 Å². The maximum atomic E-state index is 6.22. The van der Waals surface area contributed by atoms with E-state index >= 15 is 0 Å². The average molecular weight is 278 g/mol. The number of nitrogens with zero attached hydrogens (tertiary/aromatic N) is 3. The summed E-state index contributed by atoms with van der Waals surface area (Å²) in [6.07, 6.45) is 3.00. The third-order valence-electron chi connectivity index (χ3n) is 3.59. The molecule has 6 heteroatoms. The molecular formula is C13H18N4OS. The van der Waals surface area contributed by atoms with E-state index in [0.29, 0.717) is 11.7 Å². The highest BCUT2D eigenvalue weighted by Gasteiger charge is 2.39. The molecule has 0 unspecified atom stereocenters. The lowest BCUT2D eigenvalue weighted by molar-refractivity contribution is 0.229. The van der Waals surface area contributed by atoms with Crippen LogP contribution in [0.3, 0.4) is 0 Å². The van der Waals surface area contributed by atoms with Crippen molar-refractivity contribution in [2.24, 2.45) is 5.73 Å². The molecule has 0 aliphatic heterocycles. The van der Waals surface area contributed by atoms with Crippen LogP contribution < -0.4 is 5.73 Å². The summed E-state index contributed by atoms with van der Waals surface area (Å²) < 4.78 is 5.40. The highest BCUT2D eigenvalue weighted by Crippen LogP contribution is 2.39. The van der Waals surface area contributed by atoms with E-state index in [0.717, 1.165) is 29.8 Å². The Morgan fingerprint density at radius 1 is 1.37 bits per heavy atom. The fourth-order valence-corrected chi connectivity index (χ4v) is 3.15. The zero-order valence-electron chi connectivity index (χ0n) is 11.4. The molecule has 0 spiro atoms. The van der Waals surface area contributed by atoms with Crippen LogP contribution >= 0.6 is 11.3 Å². The minimum atomic E-state index is -0.381. The number of thiazole rings is 1. The van der Waals surface area contributed by atoms with Crippen molar-refractivity contribution in [1.29, 1.82) is 0 Å². The normalized spacial score (nSPS) is 18.3. The molecule has 0 bridgehead atoms. The fraction of sp³-hybridized carbons (Fsp3) is 0.615. The molecule has 1 aliphatic rings. The Kier molecular flexibility index (Phi) is 2.76. The zero-order valence-corrected chi connectivity index (χ0v) is 12.3. The minimum Gasteiger partial charge on any atom is -0.333 e. The lowest BCUT2D eigenvalue weighted by Gasteiger charge is -2.34. The van der Waals surface area contributed by atoms with Gasteiger partial charge in [-0.15, -0.1) is 11.3 Å². The summed E-state index contributed by atoms with van der Waals surface area (Å²) >= 11 is 1.53. The van der Waals surface area contributed by atoms with Crippen LogP contribution in [0.5, 0.6) is 0 Å². The van der Waals surface area contributed by atoms with Crippen molar-refractivity contribution >= 4 is 11.3 Å². The molecule has 0 amide bonds. The highest BCUT2D eigenvalue weighted by molar-refractivity contribution is 7.13. The number of hydrogen-bond acceptors (Lipinski definition) is 6.